The third-order valence-corrected chi connectivity index (χ3v) is 2.19. The fraction of sp³-hybridized carbons (Fsp3) is 0.667. The molecule has 0 radical (unpaired) electrons. The lowest BCUT2D eigenvalue weighted by Crippen LogP contribution is -2.42. The van der Waals surface area contributed by atoms with Crippen molar-refractivity contribution in [2.75, 3.05) is 0 Å². The number of alkyl halides is 1. The molecule has 0 aromatic carbocycles. The first-order valence-electron chi connectivity index (χ1n) is 4.31. The first-order valence-corrected chi connectivity index (χ1v) is 4.31. The van der Waals surface area contributed by atoms with Gasteiger partial charge in [-0.15, -0.1) is 0 Å². The van der Waals surface area contributed by atoms with Crippen LogP contribution >= 0.6 is 0 Å². The monoisotopic (exact) mass is 171 g/mol. The van der Waals surface area contributed by atoms with E-state index in [1.165, 1.54) is 6.08 Å². The molecule has 1 aliphatic rings. The van der Waals surface area contributed by atoms with Crippen molar-refractivity contribution in [1.82, 2.24) is 5.32 Å². The first kappa shape index (κ1) is 9.23. The molecule has 3 heteroatoms. The number of halogens is 1. The second-order valence-electron chi connectivity index (χ2n) is 3.12. The van der Waals surface area contributed by atoms with Crippen LogP contribution in [0.3, 0.4) is 0 Å². The highest BCUT2D eigenvalue weighted by Gasteiger charge is 2.24. The van der Waals surface area contributed by atoms with Gasteiger partial charge in [0.2, 0.25) is 5.91 Å². The lowest BCUT2D eigenvalue weighted by molar-refractivity contribution is -0.117. The molecule has 1 aliphatic carbocycles. The van der Waals surface area contributed by atoms with E-state index in [4.69, 9.17) is 0 Å². The maximum absolute atomic E-state index is 13.1. The van der Waals surface area contributed by atoms with Crippen molar-refractivity contribution in [2.45, 2.75) is 37.9 Å². The summed E-state index contributed by atoms with van der Waals surface area (Å²) in [5.41, 5.74) is 0. The Balaban J connectivity index is 2.38. The minimum absolute atomic E-state index is 0.274. The van der Waals surface area contributed by atoms with Gasteiger partial charge in [-0.3, -0.25) is 4.79 Å². The van der Waals surface area contributed by atoms with E-state index >= 15 is 0 Å². The van der Waals surface area contributed by atoms with E-state index in [1.54, 1.807) is 0 Å². The maximum Gasteiger partial charge on any atom is 0.243 e. The van der Waals surface area contributed by atoms with Crippen molar-refractivity contribution in [3.8, 4) is 0 Å². The van der Waals surface area contributed by atoms with Crippen molar-refractivity contribution in [1.29, 1.82) is 0 Å². The Morgan fingerprint density at radius 1 is 1.50 bits per heavy atom. The van der Waals surface area contributed by atoms with Gasteiger partial charge in [-0.05, 0) is 18.9 Å². The Kier molecular flexibility index (Phi) is 3.26. The van der Waals surface area contributed by atoms with Crippen molar-refractivity contribution >= 4 is 5.91 Å². The molecule has 0 aliphatic heterocycles. The number of hydrogen-bond acceptors (Lipinski definition) is 1. The summed E-state index contributed by atoms with van der Waals surface area (Å²) in [7, 11) is 0. The molecule has 1 N–H and O–H groups in total. The minimum Gasteiger partial charge on any atom is -0.347 e. The fourth-order valence-corrected chi connectivity index (χ4v) is 1.49. The normalized spacial score (nSPS) is 29.4. The summed E-state index contributed by atoms with van der Waals surface area (Å²) in [6, 6.07) is -0.288. The third kappa shape index (κ3) is 2.32. The van der Waals surface area contributed by atoms with E-state index in [2.05, 4.69) is 11.9 Å². The summed E-state index contributed by atoms with van der Waals surface area (Å²) in [5, 5.41) is 2.59. The quantitative estimate of drug-likeness (QED) is 0.628. The molecule has 1 amide bonds. The summed E-state index contributed by atoms with van der Waals surface area (Å²) in [6.07, 6.45) is 3.57. The Morgan fingerprint density at radius 3 is 2.75 bits per heavy atom. The molecule has 0 saturated heterocycles. The van der Waals surface area contributed by atoms with E-state index < -0.39 is 6.17 Å². The topological polar surface area (TPSA) is 29.1 Å². The standard InChI is InChI=1S/C9H14FNO/c1-2-9(12)11-8-6-4-3-5-7(8)10/h2,7-8H,1,3-6H2,(H,11,12)/t7-,8+/m1/s1. The molecule has 0 aromatic heterocycles. The summed E-state index contributed by atoms with van der Waals surface area (Å²) >= 11 is 0. The van der Waals surface area contributed by atoms with Crippen LogP contribution in [0.5, 0.6) is 0 Å². The van der Waals surface area contributed by atoms with E-state index in [-0.39, 0.29) is 11.9 Å². The van der Waals surface area contributed by atoms with Gasteiger partial charge in [0.05, 0.1) is 6.04 Å². The van der Waals surface area contributed by atoms with Crippen molar-refractivity contribution in [3.63, 3.8) is 0 Å². The van der Waals surface area contributed by atoms with E-state index in [1.807, 2.05) is 0 Å². The lowest BCUT2D eigenvalue weighted by Gasteiger charge is -2.26. The molecule has 0 bridgehead atoms. The summed E-state index contributed by atoms with van der Waals surface area (Å²) in [4.78, 5) is 10.8. The largest absolute Gasteiger partial charge is 0.347 e. The van der Waals surface area contributed by atoms with Gasteiger partial charge >= 0.3 is 0 Å². The van der Waals surface area contributed by atoms with Gasteiger partial charge in [-0.25, -0.2) is 4.39 Å². The highest BCUT2D eigenvalue weighted by molar-refractivity contribution is 5.87. The molecule has 1 rings (SSSR count). The predicted molar refractivity (Wildman–Crippen MR) is 45.5 cm³/mol. The molecule has 12 heavy (non-hydrogen) atoms. The zero-order valence-electron chi connectivity index (χ0n) is 7.05. The molecule has 68 valence electrons. The van der Waals surface area contributed by atoms with Crippen molar-refractivity contribution in [3.05, 3.63) is 12.7 Å². The van der Waals surface area contributed by atoms with Gasteiger partial charge in [0.1, 0.15) is 6.17 Å². The lowest BCUT2D eigenvalue weighted by atomic mass is 9.93. The molecular weight excluding hydrogens is 157 g/mol. The van der Waals surface area contributed by atoms with Crippen LogP contribution in [-0.4, -0.2) is 18.1 Å². The van der Waals surface area contributed by atoms with Crippen LogP contribution in [0.4, 0.5) is 4.39 Å². The fourth-order valence-electron chi connectivity index (χ4n) is 1.49. The number of carbonyl (C=O) groups is 1. The van der Waals surface area contributed by atoms with Crippen LogP contribution in [0.15, 0.2) is 12.7 Å². The molecule has 0 unspecified atom stereocenters. The molecule has 0 aromatic rings. The number of carbonyl (C=O) groups excluding carboxylic acids is 1. The summed E-state index contributed by atoms with van der Waals surface area (Å²) in [6.45, 7) is 3.32. The third-order valence-electron chi connectivity index (χ3n) is 2.19. The van der Waals surface area contributed by atoms with Gasteiger partial charge in [-0.1, -0.05) is 19.4 Å². The van der Waals surface area contributed by atoms with E-state index in [0.717, 1.165) is 19.3 Å². The van der Waals surface area contributed by atoms with Gasteiger partial charge in [0, 0.05) is 0 Å². The number of amides is 1. The average Bonchev–Trinajstić information content (AvgIpc) is 2.09. The minimum atomic E-state index is -0.873. The molecular formula is C9H14FNO. The molecule has 2 atom stereocenters. The molecule has 1 fully saturated rings. The van der Waals surface area contributed by atoms with E-state index in [9.17, 15) is 9.18 Å². The van der Waals surface area contributed by atoms with E-state index in [0.29, 0.717) is 6.42 Å². The molecule has 0 heterocycles. The Bertz CT molecular complexity index is 181. The highest BCUT2D eigenvalue weighted by atomic mass is 19.1. The van der Waals surface area contributed by atoms with Gasteiger partial charge in [-0.2, -0.15) is 0 Å². The maximum atomic E-state index is 13.1. The zero-order valence-corrected chi connectivity index (χ0v) is 7.05. The smallest absolute Gasteiger partial charge is 0.243 e. The Hall–Kier alpha value is -0.860. The van der Waals surface area contributed by atoms with Crippen LogP contribution < -0.4 is 5.32 Å². The molecule has 2 nitrogen and oxygen atoms in total. The number of rotatable bonds is 2. The van der Waals surface area contributed by atoms with Crippen molar-refractivity contribution in [2.24, 2.45) is 0 Å². The van der Waals surface area contributed by atoms with Crippen LogP contribution in [0, 0.1) is 0 Å². The Labute approximate surface area is 71.8 Å². The van der Waals surface area contributed by atoms with Crippen LogP contribution in [0.25, 0.3) is 0 Å². The second kappa shape index (κ2) is 4.24. The SMILES string of the molecule is C=CC(=O)N[C@H]1CCCC[C@H]1F. The summed E-state index contributed by atoms with van der Waals surface area (Å²) < 4.78 is 13.1. The summed E-state index contributed by atoms with van der Waals surface area (Å²) in [5.74, 6) is -0.274. The number of nitrogens with one attached hydrogen (secondary N) is 1. The molecule has 0 spiro atoms. The van der Waals surface area contributed by atoms with Gasteiger partial charge in [0.25, 0.3) is 0 Å². The molecule has 1 saturated carbocycles. The average molecular weight is 171 g/mol. The first-order chi connectivity index (χ1) is 5.74. The van der Waals surface area contributed by atoms with Crippen LogP contribution in [-0.2, 0) is 4.79 Å². The predicted octanol–water partition coefficient (Wildman–Crippen LogP) is 1.57. The Morgan fingerprint density at radius 2 is 2.17 bits per heavy atom. The number of hydrogen-bond donors (Lipinski definition) is 1. The van der Waals surface area contributed by atoms with Crippen LogP contribution in [0.1, 0.15) is 25.7 Å². The van der Waals surface area contributed by atoms with Gasteiger partial charge < -0.3 is 5.32 Å². The van der Waals surface area contributed by atoms with Crippen molar-refractivity contribution < 1.29 is 9.18 Å². The van der Waals surface area contributed by atoms with Crippen LogP contribution in [0.2, 0.25) is 0 Å². The second-order valence-corrected chi connectivity index (χ2v) is 3.12. The highest BCUT2D eigenvalue weighted by Crippen LogP contribution is 2.20. The zero-order chi connectivity index (χ0) is 8.97. The van der Waals surface area contributed by atoms with Gasteiger partial charge in [0.15, 0.2) is 0 Å².